The van der Waals surface area contributed by atoms with Crippen molar-refractivity contribution in [2.24, 2.45) is 0 Å². The second-order valence-electron chi connectivity index (χ2n) is 7.64. The number of aryl methyl sites for hydroxylation is 1. The molecule has 158 valence electrons. The third kappa shape index (κ3) is 4.50. The molecule has 2 aromatic heterocycles. The molecular formula is C26H23N5O. The van der Waals surface area contributed by atoms with Gasteiger partial charge in [-0.2, -0.15) is 10.1 Å². The van der Waals surface area contributed by atoms with E-state index in [4.69, 9.17) is 4.52 Å². The number of nitrogens with zero attached hydrogens (tertiary/aromatic N) is 4. The van der Waals surface area contributed by atoms with Crippen molar-refractivity contribution in [2.75, 3.05) is 0 Å². The van der Waals surface area contributed by atoms with Crippen LogP contribution in [0.5, 0.6) is 0 Å². The summed E-state index contributed by atoms with van der Waals surface area (Å²) in [4.78, 5) is 4.27. The molecule has 0 amide bonds. The molecule has 0 unspecified atom stereocenters. The van der Waals surface area contributed by atoms with Crippen LogP contribution >= 0.6 is 0 Å². The maximum absolute atomic E-state index is 5.06. The summed E-state index contributed by atoms with van der Waals surface area (Å²) in [6.45, 7) is 3.40. The van der Waals surface area contributed by atoms with Gasteiger partial charge in [-0.25, -0.2) is 4.68 Å². The Hall–Kier alpha value is -4.03. The van der Waals surface area contributed by atoms with Crippen LogP contribution in [-0.2, 0) is 13.1 Å². The van der Waals surface area contributed by atoms with E-state index >= 15 is 0 Å². The summed E-state index contributed by atoms with van der Waals surface area (Å²) in [6, 6.07) is 27.2. The zero-order chi connectivity index (χ0) is 21.8. The summed E-state index contributed by atoms with van der Waals surface area (Å²) >= 11 is 0. The first-order valence-corrected chi connectivity index (χ1v) is 10.5. The van der Waals surface area contributed by atoms with Gasteiger partial charge in [0.1, 0.15) is 0 Å². The molecule has 0 fully saturated rings. The first kappa shape index (κ1) is 19.9. The van der Waals surface area contributed by atoms with Gasteiger partial charge in [0, 0.05) is 38.0 Å². The van der Waals surface area contributed by atoms with Crippen molar-refractivity contribution in [2.45, 2.75) is 20.0 Å². The number of benzene rings is 3. The molecule has 0 spiro atoms. The zero-order valence-electron chi connectivity index (χ0n) is 17.8. The van der Waals surface area contributed by atoms with Gasteiger partial charge < -0.3 is 9.84 Å². The summed E-state index contributed by atoms with van der Waals surface area (Å²) in [6.07, 6.45) is 3.74. The lowest BCUT2D eigenvalue weighted by atomic mass is 10.0. The number of nitrogens with one attached hydrogen (secondary N) is 1. The van der Waals surface area contributed by atoms with Gasteiger partial charge in [0.25, 0.3) is 0 Å². The van der Waals surface area contributed by atoms with Crippen LogP contribution in [0, 0.1) is 6.92 Å². The highest BCUT2D eigenvalue weighted by Gasteiger charge is 2.06. The summed E-state index contributed by atoms with van der Waals surface area (Å²) in [5, 5.41) is 11.8. The average molecular weight is 422 g/mol. The highest BCUT2D eigenvalue weighted by molar-refractivity contribution is 5.67. The summed E-state index contributed by atoms with van der Waals surface area (Å²) < 4.78 is 6.93. The quantitative estimate of drug-likeness (QED) is 0.392. The van der Waals surface area contributed by atoms with Crippen LogP contribution in [0.1, 0.15) is 17.0 Å². The Morgan fingerprint density at radius 1 is 0.812 bits per heavy atom. The van der Waals surface area contributed by atoms with Crippen LogP contribution in [0.4, 0.5) is 0 Å². The molecule has 0 aliphatic heterocycles. The van der Waals surface area contributed by atoms with Gasteiger partial charge >= 0.3 is 0 Å². The van der Waals surface area contributed by atoms with Gasteiger partial charge in [-0.05, 0) is 40.5 Å². The van der Waals surface area contributed by atoms with Crippen LogP contribution in [0.25, 0.3) is 28.2 Å². The number of rotatable bonds is 7. The molecular weight excluding hydrogens is 398 g/mol. The van der Waals surface area contributed by atoms with Crippen LogP contribution < -0.4 is 5.32 Å². The van der Waals surface area contributed by atoms with Gasteiger partial charge in [-0.15, -0.1) is 0 Å². The molecule has 0 saturated heterocycles. The topological polar surface area (TPSA) is 68.8 Å². The minimum absolute atomic E-state index is 0.568. The van der Waals surface area contributed by atoms with E-state index in [1.807, 2.05) is 29.1 Å². The van der Waals surface area contributed by atoms with E-state index in [0.29, 0.717) is 11.7 Å². The maximum Gasteiger partial charge on any atom is 0.223 e. The Bertz CT molecular complexity index is 1290. The van der Waals surface area contributed by atoms with E-state index in [-0.39, 0.29) is 0 Å². The smallest absolute Gasteiger partial charge is 0.223 e. The van der Waals surface area contributed by atoms with Crippen LogP contribution in [0.3, 0.4) is 0 Å². The van der Waals surface area contributed by atoms with Crippen molar-refractivity contribution in [3.8, 4) is 28.2 Å². The van der Waals surface area contributed by atoms with Gasteiger partial charge in [-0.1, -0.05) is 65.8 Å². The minimum Gasteiger partial charge on any atom is -0.339 e. The average Bonchev–Trinajstić information content (AvgIpc) is 3.52. The van der Waals surface area contributed by atoms with Crippen molar-refractivity contribution in [1.29, 1.82) is 0 Å². The Labute approximate surface area is 186 Å². The lowest BCUT2D eigenvalue weighted by molar-refractivity contribution is 0.394. The van der Waals surface area contributed by atoms with Crippen molar-refractivity contribution in [3.63, 3.8) is 0 Å². The molecule has 32 heavy (non-hydrogen) atoms. The van der Waals surface area contributed by atoms with E-state index in [1.165, 1.54) is 16.7 Å². The zero-order valence-corrected chi connectivity index (χ0v) is 17.8. The molecule has 5 aromatic rings. The summed E-state index contributed by atoms with van der Waals surface area (Å²) in [7, 11) is 0. The van der Waals surface area contributed by atoms with Crippen molar-refractivity contribution < 1.29 is 4.52 Å². The van der Waals surface area contributed by atoms with Crippen molar-refractivity contribution in [1.82, 2.24) is 25.2 Å². The van der Waals surface area contributed by atoms with E-state index in [0.717, 1.165) is 29.9 Å². The summed E-state index contributed by atoms with van der Waals surface area (Å²) in [5.41, 5.74) is 6.82. The third-order valence-corrected chi connectivity index (χ3v) is 5.30. The standard InChI is InChI=1S/C26H23N5O/c1-19-29-26(30-32-19)24-12-10-23(11-13-24)22-8-6-20(7-9-22)17-27-18-21-4-2-5-25(16-21)31-15-3-14-28-31/h2-16,27H,17-18H2,1H3. The third-order valence-electron chi connectivity index (χ3n) is 5.30. The predicted molar refractivity (Wildman–Crippen MR) is 124 cm³/mol. The van der Waals surface area contributed by atoms with E-state index in [1.54, 1.807) is 13.1 Å². The van der Waals surface area contributed by atoms with Crippen LogP contribution in [0.15, 0.2) is 95.8 Å². The first-order valence-electron chi connectivity index (χ1n) is 10.5. The van der Waals surface area contributed by atoms with Gasteiger partial charge in [0.05, 0.1) is 5.69 Å². The second-order valence-corrected chi connectivity index (χ2v) is 7.64. The molecule has 0 aliphatic rings. The Kier molecular flexibility index (Phi) is 5.59. The summed E-state index contributed by atoms with van der Waals surface area (Å²) in [5.74, 6) is 1.18. The molecule has 5 rings (SSSR count). The second kappa shape index (κ2) is 8.99. The van der Waals surface area contributed by atoms with Crippen molar-refractivity contribution in [3.05, 3.63) is 108 Å². The van der Waals surface area contributed by atoms with E-state index in [9.17, 15) is 0 Å². The largest absolute Gasteiger partial charge is 0.339 e. The molecule has 1 N–H and O–H groups in total. The Morgan fingerprint density at radius 3 is 2.22 bits per heavy atom. The molecule has 6 nitrogen and oxygen atoms in total. The Balaban J connectivity index is 1.19. The van der Waals surface area contributed by atoms with Crippen LogP contribution in [0.2, 0.25) is 0 Å². The van der Waals surface area contributed by atoms with Gasteiger partial charge in [0.2, 0.25) is 11.7 Å². The number of hydrogen-bond donors (Lipinski definition) is 1. The molecule has 0 bridgehead atoms. The fourth-order valence-corrected chi connectivity index (χ4v) is 3.62. The van der Waals surface area contributed by atoms with Gasteiger partial charge in [0.15, 0.2) is 0 Å². The molecule has 6 heteroatoms. The van der Waals surface area contributed by atoms with Gasteiger partial charge in [-0.3, -0.25) is 0 Å². The Morgan fingerprint density at radius 2 is 1.53 bits per heavy atom. The highest BCUT2D eigenvalue weighted by Crippen LogP contribution is 2.24. The molecule has 3 aromatic carbocycles. The molecule has 0 atom stereocenters. The van der Waals surface area contributed by atoms with E-state index in [2.05, 4.69) is 81.2 Å². The fourth-order valence-electron chi connectivity index (χ4n) is 3.62. The first-order chi connectivity index (χ1) is 15.7. The number of aromatic nitrogens is 4. The monoisotopic (exact) mass is 421 g/mol. The SMILES string of the molecule is Cc1nc(-c2ccc(-c3ccc(CNCc4cccc(-n5cccn5)c4)cc3)cc2)no1. The van der Waals surface area contributed by atoms with Crippen molar-refractivity contribution >= 4 is 0 Å². The molecule has 0 aliphatic carbocycles. The number of hydrogen-bond acceptors (Lipinski definition) is 5. The predicted octanol–water partition coefficient (Wildman–Crippen LogP) is 5.19. The lowest BCUT2D eigenvalue weighted by Crippen LogP contribution is -2.12. The minimum atomic E-state index is 0.568. The molecule has 0 radical (unpaired) electrons. The molecule has 0 saturated carbocycles. The molecule has 2 heterocycles. The van der Waals surface area contributed by atoms with Crippen LogP contribution in [-0.4, -0.2) is 19.9 Å². The maximum atomic E-state index is 5.06. The highest BCUT2D eigenvalue weighted by atomic mass is 16.5. The van der Waals surface area contributed by atoms with E-state index < -0.39 is 0 Å². The lowest BCUT2D eigenvalue weighted by Gasteiger charge is -2.09. The normalized spacial score (nSPS) is 11.0. The fraction of sp³-hybridized carbons (Fsp3) is 0.115.